The van der Waals surface area contributed by atoms with Crippen LogP contribution in [0.3, 0.4) is 0 Å². The zero-order chi connectivity index (χ0) is 14.0. The molecule has 0 heterocycles. The van der Waals surface area contributed by atoms with Crippen LogP contribution in [0.25, 0.3) is 0 Å². The van der Waals surface area contributed by atoms with E-state index in [1.807, 2.05) is 0 Å². The van der Waals surface area contributed by atoms with Crippen LogP contribution in [0.5, 0.6) is 11.5 Å². The molecule has 0 aliphatic heterocycles. The molecule has 3 nitrogen and oxygen atoms in total. The molecule has 0 unspecified atom stereocenters. The molecule has 19 heavy (non-hydrogen) atoms. The molecule has 2 aromatic rings. The molecule has 0 aromatic heterocycles. The number of aryl methyl sites for hydroxylation is 1. The molecule has 0 aliphatic rings. The predicted octanol–water partition coefficient (Wildman–Crippen LogP) is 4.28. The minimum atomic E-state index is -1.14. The minimum Gasteiger partial charge on any atom is -0.478 e. The molecule has 2 rings (SSSR count). The molecule has 0 amide bonds. The number of hydrogen-bond acceptors (Lipinski definition) is 2. The Balaban J connectivity index is 2.42. The lowest BCUT2D eigenvalue weighted by molar-refractivity contribution is 0.0694. The largest absolute Gasteiger partial charge is 0.478 e. The van der Waals surface area contributed by atoms with Crippen molar-refractivity contribution in [3.63, 3.8) is 0 Å². The number of aromatic carboxylic acids is 1. The van der Waals surface area contributed by atoms with Gasteiger partial charge in [-0.3, -0.25) is 0 Å². The van der Waals surface area contributed by atoms with Gasteiger partial charge in [0.05, 0.1) is 5.02 Å². The average molecular weight is 281 g/mol. The first-order chi connectivity index (χ1) is 8.99. The number of para-hydroxylation sites is 1. The van der Waals surface area contributed by atoms with Gasteiger partial charge in [-0.1, -0.05) is 17.7 Å². The molecule has 0 bridgehead atoms. The molecular weight excluding hydrogens is 271 g/mol. The van der Waals surface area contributed by atoms with Gasteiger partial charge in [-0.15, -0.1) is 0 Å². The van der Waals surface area contributed by atoms with Gasteiger partial charge in [0.25, 0.3) is 0 Å². The van der Waals surface area contributed by atoms with E-state index in [-0.39, 0.29) is 22.2 Å². The van der Waals surface area contributed by atoms with E-state index in [0.717, 1.165) is 0 Å². The zero-order valence-electron chi connectivity index (χ0n) is 9.98. The molecule has 0 radical (unpaired) electrons. The molecule has 1 N–H and O–H groups in total. The Morgan fingerprint density at radius 1 is 1.32 bits per heavy atom. The van der Waals surface area contributed by atoms with Gasteiger partial charge in [-0.25, -0.2) is 9.18 Å². The van der Waals surface area contributed by atoms with E-state index in [0.29, 0.717) is 11.3 Å². The first kappa shape index (κ1) is 13.4. The van der Waals surface area contributed by atoms with E-state index >= 15 is 0 Å². The number of carboxylic acid groups (broad SMARTS) is 1. The molecule has 0 saturated carbocycles. The van der Waals surface area contributed by atoms with Gasteiger partial charge in [0, 0.05) is 0 Å². The molecule has 98 valence electrons. The molecular formula is C14H10ClFO3. The van der Waals surface area contributed by atoms with Gasteiger partial charge in [-0.2, -0.15) is 0 Å². The number of halogens is 2. The summed E-state index contributed by atoms with van der Waals surface area (Å²) >= 11 is 5.93. The van der Waals surface area contributed by atoms with Crippen molar-refractivity contribution in [3.8, 4) is 11.5 Å². The summed E-state index contributed by atoms with van der Waals surface area (Å²) in [5.41, 5.74) is 0.357. The summed E-state index contributed by atoms with van der Waals surface area (Å²) in [6, 6.07) is 8.58. The van der Waals surface area contributed by atoms with Gasteiger partial charge in [-0.05, 0) is 42.8 Å². The van der Waals surface area contributed by atoms with Crippen LogP contribution in [0, 0.1) is 12.7 Å². The summed E-state index contributed by atoms with van der Waals surface area (Å²) in [5, 5.41) is 9.25. The number of benzene rings is 2. The smallest absolute Gasteiger partial charge is 0.339 e. The van der Waals surface area contributed by atoms with Crippen LogP contribution in [0.2, 0.25) is 5.02 Å². The lowest BCUT2D eigenvalue weighted by Crippen LogP contribution is -2.00. The molecule has 0 fully saturated rings. The monoisotopic (exact) mass is 280 g/mol. The first-order valence-corrected chi connectivity index (χ1v) is 5.82. The summed E-state index contributed by atoms with van der Waals surface area (Å²) in [4.78, 5) is 11.1. The van der Waals surface area contributed by atoms with Gasteiger partial charge < -0.3 is 9.84 Å². The maximum Gasteiger partial charge on any atom is 0.339 e. The third kappa shape index (κ3) is 2.85. The summed E-state index contributed by atoms with van der Waals surface area (Å²) < 4.78 is 18.6. The Morgan fingerprint density at radius 2 is 2.05 bits per heavy atom. The van der Waals surface area contributed by atoms with Crippen molar-refractivity contribution in [3.05, 3.63) is 58.4 Å². The van der Waals surface area contributed by atoms with E-state index in [9.17, 15) is 9.18 Å². The summed E-state index contributed by atoms with van der Waals surface area (Å²) in [5.74, 6) is -1.13. The second-order valence-electron chi connectivity index (χ2n) is 3.93. The van der Waals surface area contributed by atoms with Crippen LogP contribution in [0.4, 0.5) is 4.39 Å². The number of ether oxygens (including phenoxy) is 1. The van der Waals surface area contributed by atoms with Crippen molar-refractivity contribution in [2.24, 2.45) is 0 Å². The fraction of sp³-hybridized carbons (Fsp3) is 0.0714. The maximum absolute atomic E-state index is 13.1. The molecule has 0 saturated heterocycles. The molecule has 0 spiro atoms. The highest BCUT2D eigenvalue weighted by Gasteiger charge is 2.15. The summed E-state index contributed by atoms with van der Waals surface area (Å²) in [6.07, 6.45) is 0. The van der Waals surface area contributed by atoms with Crippen molar-refractivity contribution in [2.75, 3.05) is 0 Å². The Labute approximate surface area is 114 Å². The Hall–Kier alpha value is -2.07. The average Bonchev–Trinajstić information content (AvgIpc) is 2.36. The predicted molar refractivity (Wildman–Crippen MR) is 69.6 cm³/mol. The molecule has 2 aromatic carbocycles. The second-order valence-corrected chi connectivity index (χ2v) is 4.34. The third-order valence-corrected chi connectivity index (χ3v) is 2.84. The van der Waals surface area contributed by atoms with Gasteiger partial charge in [0.2, 0.25) is 0 Å². The van der Waals surface area contributed by atoms with Gasteiger partial charge in [0.15, 0.2) is 5.75 Å². The summed E-state index contributed by atoms with van der Waals surface area (Å²) in [7, 11) is 0. The van der Waals surface area contributed by atoms with Crippen LogP contribution in [0.1, 0.15) is 15.9 Å². The van der Waals surface area contributed by atoms with Crippen LogP contribution in [-0.4, -0.2) is 11.1 Å². The van der Waals surface area contributed by atoms with Gasteiger partial charge in [0.1, 0.15) is 17.1 Å². The molecule has 0 aliphatic carbocycles. The lowest BCUT2D eigenvalue weighted by Gasteiger charge is -2.11. The van der Waals surface area contributed by atoms with Gasteiger partial charge >= 0.3 is 5.97 Å². The standard InChI is InChI=1S/C14H10ClFO3/c1-8-7-9(5-6-12(8)16)19-13-10(14(17)18)3-2-4-11(13)15/h2-7H,1H3,(H,17,18). The number of rotatable bonds is 3. The van der Waals surface area contributed by atoms with Crippen LogP contribution in [-0.2, 0) is 0 Å². The first-order valence-electron chi connectivity index (χ1n) is 5.45. The maximum atomic E-state index is 13.1. The lowest BCUT2D eigenvalue weighted by atomic mass is 10.2. The van der Waals surface area contributed by atoms with E-state index < -0.39 is 5.97 Å². The molecule has 0 atom stereocenters. The number of carboxylic acids is 1. The zero-order valence-corrected chi connectivity index (χ0v) is 10.7. The highest BCUT2D eigenvalue weighted by Crippen LogP contribution is 2.33. The second kappa shape index (κ2) is 5.28. The highest BCUT2D eigenvalue weighted by molar-refractivity contribution is 6.32. The van der Waals surface area contributed by atoms with E-state index in [1.165, 1.54) is 36.4 Å². The summed E-state index contributed by atoms with van der Waals surface area (Å²) in [6.45, 7) is 1.59. The molecule has 5 heteroatoms. The fourth-order valence-electron chi connectivity index (χ4n) is 1.58. The van der Waals surface area contributed by atoms with Crippen molar-refractivity contribution in [1.29, 1.82) is 0 Å². The van der Waals surface area contributed by atoms with E-state index in [2.05, 4.69) is 0 Å². The number of carbonyl (C=O) groups is 1. The number of hydrogen-bond donors (Lipinski definition) is 1. The van der Waals surface area contributed by atoms with Crippen molar-refractivity contribution < 1.29 is 19.0 Å². The van der Waals surface area contributed by atoms with E-state index in [1.54, 1.807) is 6.92 Å². The van der Waals surface area contributed by atoms with Crippen LogP contribution < -0.4 is 4.74 Å². The Kier molecular flexibility index (Phi) is 3.71. The quantitative estimate of drug-likeness (QED) is 0.913. The fourth-order valence-corrected chi connectivity index (χ4v) is 1.79. The van der Waals surface area contributed by atoms with Crippen LogP contribution in [0.15, 0.2) is 36.4 Å². The Morgan fingerprint density at radius 3 is 2.68 bits per heavy atom. The van der Waals surface area contributed by atoms with Crippen molar-refractivity contribution in [1.82, 2.24) is 0 Å². The van der Waals surface area contributed by atoms with Crippen molar-refractivity contribution >= 4 is 17.6 Å². The normalized spacial score (nSPS) is 10.3. The van der Waals surface area contributed by atoms with E-state index in [4.69, 9.17) is 21.4 Å². The third-order valence-electron chi connectivity index (χ3n) is 2.55. The SMILES string of the molecule is Cc1cc(Oc2c(Cl)cccc2C(=O)O)ccc1F. The Bertz CT molecular complexity index is 641. The topological polar surface area (TPSA) is 46.5 Å². The highest BCUT2D eigenvalue weighted by atomic mass is 35.5. The van der Waals surface area contributed by atoms with Crippen molar-refractivity contribution in [2.45, 2.75) is 6.92 Å². The minimum absolute atomic E-state index is 0.0441. The van der Waals surface area contributed by atoms with Crippen LogP contribution >= 0.6 is 11.6 Å².